The van der Waals surface area contributed by atoms with Gasteiger partial charge in [-0.2, -0.15) is 0 Å². The first kappa shape index (κ1) is 16.2. The first-order valence-corrected chi connectivity index (χ1v) is 6.21. The fraction of sp³-hybridized carbons (Fsp3) is 0.286. The van der Waals surface area contributed by atoms with Crippen molar-refractivity contribution >= 4 is 24.0 Å². The van der Waals surface area contributed by atoms with Crippen molar-refractivity contribution in [1.29, 1.82) is 0 Å². The van der Waals surface area contributed by atoms with Gasteiger partial charge in [-0.05, 0) is 24.6 Å². The Morgan fingerprint density at radius 2 is 2.00 bits per heavy atom. The van der Waals surface area contributed by atoms with Gasteiger partial charge in [0.05, 0.1) is 0 Å². The molecule has 0 aliphatic heterocycles. The second-order valence-electron chi connectivity index (χ2n) is 4.27. The molecule has 0 fully saturated rings. The predicted octanol–water partition coefficient (Wildman–Crippen LogP) is 2.68. The largest absolute Gasteiger partial charge is 0.359 e. The summed E-state index contributed by atoms with van der Waals surface area (Å²) in [5.41, 5.74) is 8.44. The Morgan fingerprint density at radius 1 is 1.35 bits per heavy atom. The highest BCUT2D eigenvalue weighted by Gasteiger charge is 2.15. The van der Waals surface area contributed by atoms with Crippen LogP contribution in [0.2, 0.25) is 0 Å². The molecule has 0 aliphatic rings. The third kappa shape index (κ3) is 3.37. The lowest BCUT2D eigenvalue weighted by molar-refractivity contribution is 0.102. The van der Waals surface area contributed by atoms with Gasteiger partial charge in [-0.25, -0.2) is 0 Å². The second kappa shape index (κ2) is 7.07. The van der Waals surface area contributed by atoms with E-state index in [1.165, 1.54) is 0 Å². The summed E-state index contributed by atoms with van der Waals surface area (Å²) in [7, 11) is 0. The number of nitrogens with one attached hydrogen (secondary N) is 1. The highest BCUT2D eigenvalue weighted by molar-refractivity contribution is 6.04. The number of anilines is 1. The summed E-state index contributed by atoms with van der Waals surface area (Å²) in [5, 5.41) is 6.69. The zero-order chi connectivity index (χ0) is 13.8. The van der Waals surface area contributed by atoms with E-state index in [0.29, 0.717) is 35.7 Å². The minimum atomic E-state index is -0.176. The maximum Gasteiger partial charge on any atom is 0.255 e. The highest BCUT2D eigenvalue weighted by atomic mass is 35.5. The number of benzene rings is 1. The summed E-state index contributed by atoms with van der Waals surface area (Å²) in [6, 6.07) is 7.20. The number of rotatable bonds is 4. The molecule has 1 amide bonds. The number of amides is 1. The van der Waals surface area contributed by atoms with Crippen LogP contribution in [0, 0.1) is 6.92 Å². The lowest BCUT2D eigenvalue weighted by atomic mass is 10.1. The van der Waals surface area contributed by atoms with Crippen LogP contribution in [0.25, 0.3) is 0 Å². The minimum absolute atomic E-state index is 0. The van der Waals surface area contributed by atoms with Crippen LogP contribution in [0.15, 0.2) is 28.8 Å². The molecule has 0 radical (unpaired) electrons. The van der Waals surface area contributed by atoms with Gasteiger partial charge in [0.25, 0.3) is 5.91 Å². The summed E-state index contributed by atoms with van der Waals surface area (Å²) in [6.45, 7) is 4.22. The van der Waals surface area contributed by atoms with Gasteiger partial charge in [-0.15, -0.1) is 12.4 Å². The van der Waals surface area contributed by atoms with Gasteiger partial charge in [0.2, 0.25) is 0 Å². The van der Waals surface area contributed by atoms with Crippen molar-refractivity contribution in [1.82, 2.24) is 5.16 Å². The summed E-state index contributed by atoms with van der Waals surface area (Å²) in [5.74, 6) is 0.508. The molecular weight excluding hydrogens is 278 g/mol. The molecule has 5 nitrogen and oxygen atoms in total. The number of carbonyl (C=O) groups excluding carboxylic acids is 1. The van der Waals surface area contributed by atoms with Crippen molar-refractivity contribution < 1.29 is 9.32 Å². The molecule has 20 heavy (non-hydrogen) atoms. The number of nitrogens with two attached hydrogens (primary N) is 1. The van der Waals surface area contributed by atoms with Gasteiger partial charge in [0, 0.05) is 18.5 Å². The van der Waals surface area contributed by atoms with Gasteiger partial charge in [-0.3, -0.25) is 4.79 Å². The molecule has 0 atom stereocenters. The van der Waals surface area contributed by atoms with Gasteiger partial charge in [0.1, 0.15) is 11.4 Å². The molecule has 0 bridgehead atoms. The number of hydrogen-bond donors (Lipinski definition) is 2. The summed E-state index contributed by atoms with van der Waals surface area (Å²) in [4.78, 5) is 12.1. The molecule has 1 aromatic carbocycles. The normalized spacial score (nSPS) is 9.95. The Bertz CT molecular complexity index is 579. The van der Waals surface area contributed by atoms with E-state index in [2.05, 4.69) is 10.5 Å². The number of nitrogens with zero attached hydrogens (tertiary/aromatic N) is 1. The molecule has 0 spiro atoms. The molecule has 3 N–H and O–H groups in total. The topological polar surface area (TPSA) is 81.2 Å². The molecule has 108 valence electrons. The van der Waals surface area contributed by atoms with Crippen LogP contribution in [0.5, 0.6) is 0 Å². The Hall–Kier alpha value is -1.85. The zero-order valence-corrected chi connectivity index (χ0v) is 12.3. The maximum atomic E-state index is 12.1. The van der Waals surface area contributed by atoms with Crippen molar-refractivity contribution in [2.24, 2.45) is 5.73 Å². The number of hydrogen-bond acceptors (Lipinski definition) is 4. The summed E-state index contributed by atoms with van der Waals surface area (Å²) >= 11 is 0. The van der Waals surface area contributed by atoms with Crippen LogP contribution in [0.4, 0.5) is 5.69 Å². The van der Waals surface area contributed by atoms with E-state index in [-0.39, 0.29) is 18.3 Å². The van der Waals surface area contributed by atoms with Gasteiger partial charge in [-0.1, -0.05) is 24.2 Å². The third-order valence-electron chi connectivity index (χ3n) is 2.94. The monoisotopic (exact) mass is 295 g/mol. The van der Waals surface area contributed by atoms with Gasteiger partial charge in [0.15, 0.2) is 5.76 Å². The van der Waals surface area contributed by atoms with E-state index in [9.17, 15) is 4.79 Å². The van der Waals surface area contributed by atoms with Gasteiger partial charge >= 0.3 is 0 Å². The maximum absolute atomic E-state index is 12.1. The van der Waals surface area contributed by atoms with Crippen LogP contribution in [-0.4, -0.2) is 11.1 Å². The molecule has 0 saturated heterocycles. The van der Waals surface area contributed by atoms with Crippen LogP contribution in [0.1, 0.15) is 34.3 Å². The smallest absolute Gasteiger partial charge is 0.255 e. The summed E-state index contributed by atoms with van der Waals surface area (Å²) in [6.07, 6.45) is 0.683. The zero-order valence-electron chi connectivity index (χ0n) is 11.5. The first-order valence-electron chi connectivity index (χ1n) is 6.21. The van der Waals surface area contributed by atoms with Crippen LogP contribution in [-0.2, 0) is 13.0 Å². The van der Waals surface area contributed by atoms with Crippen LogP contribution >= 0.6 is 12.4 Å². The molecule has 2 rings (SSSR count). The minimum Gasteiger partial charge on any atom is -0.359 e. The number of carbonyl (C=O) groups is 1. The van der Waals surface area contributed by atoms with Crippen molar-refractivity contribution in [3.63, 3.8) is 0 Å². The second-order valence-corrected chi connectivity index (χ2v) is 4.27. The molecule has 0 aliphatic carbocycles. The van der Waals surface area contributed by atoms with Crippen LogP contribution < -0.4 is 11.1 Å². The molecule has 1 aromatic heterocycles. The Labute approximate surface area is 123 Å². The quantitative estimate of drug-likeness (QED) is 0.908. The van der Waals surface area contributed by atoms with E-state index in [4.69, 9.17) is 10.3 Å². The van der Waals surface area contributed by atoms with E-state index in [1.54, 1.807) is 19.1 Å². The standard InChI is InChI=1S/C14H17N3O2.ClH/c1-3-12-13(9(2)17-19-12)16-14(18)11-6-4-10(8-15)5-7-11;/h4-7H,3,8,15H2,1-2H3,(H,16,18);1H. The van der Waals surface area contributed by atoms with Crippen molar-refractivity contribution in [2.45, 2.75) is 26.8 Å². The van der Waals surface area contributed by atoms with Crippen LogP contribution in [0.3, 0.4) is 0 Å². The Morgan fingerprint density at radius 3 is 2.55 bits per heavy atom. The van der Waals surface area contributed by atoms with Crippen molar-refractivity contribution in [3.05, 3.63) is 46.8 Å². The SMILES string of the molecule is CCc1onc(C)c1NC(=O)c1ccc(CN)cc1.Cl. The molecule has 0 saturated carbocycles. The van der Waals surface area contributed by atoms with Crippen molar-refractivity contribution in [2.75, 3.05) is 5.32 Å². The lowest BCUT2D eigenvalue weighted by Crippen LogP contribution is -2.13. The van der Waals surface area contributed by atoms with E-state index in [1.807, 2.05) is 19.1 Å². The number of aryl methyl sites for hydroxylation is 2. The highest BCUT2D eigenvalue weighted by Crippen LogP contribution is 2.21. The van der Waals surface area contributed by atoms with Crippen molar-refractivity contribution in [3.8, 4) is 0 Å². The summed E-state index contributed by atoms with van der Waals surface area (Å²) < 4.78 is 5.14. The lowest BCUT2D eigenvalue weighted by Gasteiger charge is -2.05. The number of halogens is 1. The molecular formula is C14H18ClN3O2. The molecule has 2 aromatic rings. The fourth-order valence-corrected chi connectivity index (χ4v) is 1.80. The van der Waals surface area contributed by atoms with E-state index >= 15 is 0 Å². The van der Waals surface area contributed by atoms with E-state index < -0.39 is 0 Å². The fourth-order valence-electron chi connectivity index (χ4n) is 1.80. The third-order valence-corrected chi connectivity index (χ3v) is 2.94. The first-order chi connectivity index (χ1) is 9.15. The molecule has 0 unspecified atom stereocenters. The molecule has 6 heteroatoms. The number of aromatic nitrogens is 1. The molecule has 1 heterocycles. The van der Waals surface area contributed by atoms with E-state index in [0.717, 1.165) is 5.56 Å². The predicted molar refractivity (Wildman–Crippen MR) is 80.2 cm³/mol. The average Bonchev–Trinajstić information content (AvgIpc) is 2.79. The van der Waals surface area contributed by atoms with Gasteiger partial charge < -0.3 is 15.6 Å². The Kier molecular flexibility index (Phi) is 5.73. The average molecular weight is 296 g/mol. The Balaban J connectivity index is 0.00000200.